The van der Waals surface area contributed by atoms with E-state index in [0.717, 1.165) is 18.8 Å². The third kappa shape index (κ3) is 1.90. The first-order chi connectivity index (χ1) is 7.93. The highest BCUT2D eigenvalue weighted by atomic mass is 32.1. The highest BCUT2D eigenvalue weighted by Crippen LogP contribution is 2.27. The number of hydrogen-bond donors (Lipinski definition) is 2. The minimum Gasteiger partial charge on any atom is -0.317 e. The predicted octanol–water partition coefficient (Wildman–Crippen LogP) is 2.61. The molecule has 84 valence electrons. The molecule has 3 heterocycles. The van der Waals surface area contributed by atoms with Gasteiger partial charge in [-0.2, -0.15) is 16.4 Å². The van der Waals surface area contributed by atoms with Crippen LogP contribution >= 0.6 is 11.3 Å². The van der Waals surface area contributed by atoms with Gasteiger partial charge in [0.1, 0.15) is 0 Å². The number of nitrogens with one attached hydrogen (secondary N) is 2. The van der Waals surface area contributed by atoms with Crippen molar-refractivity contribution in [3.05, 3.63) is 28.6 Å². The Kier molecular flexibility index (Phi) is 2.76. The average Bonchev–Trinajstić information content (AvgIpc) is 3.01. The van der Waals surface area contributed by atoms with Gasteiger partial charge in [-0.3, -0.25) is 5.10 Å². The first kappa shape index (κ1) is 10.1. The van der Waals surface area contributed by atoms with Gasteiger partial charge in [-0.25, -0.2) is 0 Å². The van der Waals surface area contributed by atoms with Crippen LogP contribution in [0.1, 0.15) is 24.5 Å². The third-order valence-electron chi connectivity index (χ3n) is 3.19. The Morgan fingerprint density at radius 2 is 2.19 bits per heavy atom. The molecule has 0 amide bonds. The molecule has 0 aliphatic carbocycles. The molecule has 0 radical (unpaired) electrons. The van der Waals surface area contributed by atoms with E-state index in [-0.39, 0.29) is 0 Å². The molecule has 0 saturated carbocycles. The molecule has 1 saturated heterocycles. The van der Waals surface area contributed by atoms with Gasteiger partial charge in [0, 0.05) is 22.6 Å². The Hall–Kier alpha value is -1.13. The third-order valence-corrected chi connectivity index (χ3v) is 3.88. The van der Waals surface area contributed by atoms with Crippen LogP contribution < -0.4 is 5.32 Å². The van der Waals surface area contributed by atoms with Gasteiger partial charge in [-0.1, -0.05) is 0 Å². The van der Waals surface area contributed by atoms with E-state index in [2.05, 4.69) is 38.4 Å². The van der Waals surface area contributed by atoms with Crippen molar-refractivity contribution in [1.82, 2.24) is 15.5 Å². The van der Waals surface area contributed by atoms with Crippen LogP contribution in [0.4, 0.5) is 0 Å². The zero-order valence-electron chi connectivity index (χ0n) is 9.07. The fourth-order valence-corrected chi connectivity index (χ4v) is 2.89. The average molecular weight is 233 g/mol. The molecule has 0 atom stereocenters. The van der Waals surface area contributed by atoms with Crippen LogP contribution in [0, 0.1) is 0 Å². The monoisotopic (exact) mass is 233 g/mol. The molecule has 0 spiro atoms. The molecule has 16 heavy (non-hydrogen) atoms. The maximum Gasteiger partial charge on any atom is 0.0931 e. The number of hydrogen-bond acceptors (Lipinski definition) is 3. The maximum absolute atomic E-state index is 4.40. The SMILES string of the molecule is c1cc(-c2cc(C3CCNCC3)[nH]n2)cs1. The molecule has 1 aliphatic rings. The minimum absolute atomic E-state index is 0.654. The number of aromatic amines is 1. The second-order valence-corrected chi connectivity index (χ2v) is 5.02. The van der Waals surface area contributed by atoms with Gasteiger partial charge in [0.05, 0.1) is 5.69 Å². The first-order valence-electron chi connectivity index (χ1n) is 5.72. The van der Waals surface area contributed by atoms with E-state index in [1.807, 2.05) is 0 Å². The van der Waals surface area contributed by atoms with Crippen molar-refractivity contribution in [2.24, 2.45) is 0 Å². The molecule has 2 aromatic rings. The topological polar surface area (TPSA) is 40.7 Å². The summed E-state index contributed by atoms with van der Waals surface area (Å²) in [5, 5.41) is 15.2. The van der Waals surface area contributed by atoms with Gasteiger partial charge in [0.2, 0.25) is 0 Å². The molecule has 0 aromatic carbocycles. The molecular weight excluding hydrogens is 218 g/mol. The zero-order chi connectivity index (χ0) is 10.8. The second-order valence-electron chi connectivity index (χ2n) is 4.24. The summed E-state index contributed by atoms with van der Waals surface area (Å²) in [7, 11) is 0. The highest BCUT2D eigenvalue weighted by Gasteiger charge is 2.17. The Morgan fingerprint density at radius 1 is 1.31 bits per heavy atom. The largest absolute Gasteiger partial charge is 0.317 e. The van der Waals surface area contributed by atoms with E-state index in [1.54, 1.807) is 11.3 Å². The smallest absolute Gasteiger partial charge is 0.0931 e. The van der Waals surface area contributed by atoms with Crippen LogP contribution in [0.3, 0.4) is 0 Å². The Bertz CT molecular complexity index is 441. The molecule has 1 fully saturated rings. The molecule has 4 heteroatoms. The molecule has 0 unspecified atom stereocenters. The van der Waals surface area contributed by atoms with E-state index < -0.39 is 0 Å². The molecule has 3 nitrogen and oxygen atoms in total. The van der Waals surface area contributed by atoms with Gasteiger partial charge in [-0.05, 0) is 43.4 Å². The lowest BCUT2D eigenvalue weighted by atomic mass is 9.94. The summed E-state index contributed by atoms with van der Waals surface area (Å²) in [5.74, 6) is 0.654. The summed E-state index contributed by atoms with van der Waals surface area (Å²) in [4.78, 5) is 0. The van der Waals surface area contributed by atoms with Crippen molar-refractivity contribution in [2.75, 3.05) is 13.1 Å². The van der Waals surface area contributed by atoms with Crippen molar-refractivity contribution in [3.8, 4) is 11.3 Å². The fourth-order valence-electron chi connectivity index (χ4n) is 2.24. The number of piperidine rings is 1. The van der Waals surface area contributed by atoms with Crippen LogP contribution in [-0.4, -0.2) is 23.3 Å². The lowest BCUT2D eigenvalue weighted by molar-refractivity contribution is 0.453. The summed E-state index contributed by atoms with van der Waals surface area (Å²) in [6, 6.07) is 4.32. The van der Waals surface area contributed by atoms with Gasteiger partial charge in [0.15, 0.2) is 0 Å². The predicted molar refractivity (Wildman–Crippen MR) is 66.7 cm³/mol. The Balaban J connectivity index is 1.82. The van der Waals surface area contributed by atoms with Crippen LogP contribution in [-0.2, 0) is 0 Å². The molecule has 3 rings (SSSR count). The maximum atomic E-state index is 4.40. The van der Waals surface area contributed by atoms with E-state index in [4.69, 9.17) is 0 Å². The van der Waals surface area contributed by atoms with Crippen molar-refractivity contribution < 1.29 is 0 Å². The summed E-state index contributed by atoms with van der Waals surface area (Å²) >= 11 is 1.72. The number of thiophene rings is 1. The molecule has 0 bridgehead atoms. The van der Waals surface area contributed by atoms with Crippen molar-refractivity contribution in [3.63, 3.8) is 0 Å². The molecule has 2 N–H and O–H groups in total. The second kappa shape index (κ2) is 4.39. The van der Waals surface area contributed by atoms with E-state index in [0.29, 0.717) is 5.92 Å². The van der Waals surface area contributed by atoms with E-state index >= 15 is 0 Å². The summed E-state index contributed by atoms with van der Waals surface area (Å²) in [6.45, 7) is 2.24. The van der Waals surface area contributed by atoms with Gasteiger partial charge in [-0.15, -0.1) is 0 Å². The summed E-state index contributed by atoms with van der Waals surface area (Å²) in [6.07, 6.45) is 2.43. The van der Waals surface area contributed by atoms with Crippen LogP contribution in [0.15, 0.2) is 22.9 Å². The summed E-state index contributed by atoms with van der Waals surface area (Å²) in [5.41, 5.74) is 3.60. The molecule has 1 aliphatic heterocycles. The zero-order valence-corrected chi connectivity index (χ0v) is 9.89. The highest BCUT2D eigenvalue weighted by molar-refractivity contribution is 7.08. The minimum atomic E-state index is 0.654. The van der Waals surface area contributed by atoms with Crippen molar-refractivity contribution in [1.29, 1.82) is 0 Å². The van der Waals surface area contributed by atoms with Gasteiger partial charge in [0.25, 0.3) is 0 Å². The normalized spacial score (nSPS) is 17.8. The molecular formula is C12H15N3S. The lowest BCUT2D eigenvalue weighted by Gasteiger charge is -2.20. The van der Waals surface area contributed by atoms with Gasteiger partial charge >= 0.3 is 0 Å². The van der Waals surface area contributed by atoms with Crippen molar-refractivity contribution >= 4 is 11.3 Å². The van der Waals surface area contributed by atoms with Crippen LogP contribution in [0.5, 0.6) is 0 Å². The first-order valence-corrected chi connectivity index (χ1v) is 6.66. The quantitative estimate of drug-likeness (QED) is 0.837. The number of H-pyrrole nitrogens is 1. The van der Waals surface area contributed by atoms with E-state index in [9.17, 15) is 0 Å². The standard InChI is InChI=1S/C12H15N3S/c1-4-13-5-2-9(1)11-7-12(15-14-11)10-3-6-16-8-10/h3,6-9,13H,1-2,4-5H2,(H,14,15). The van der Waals surface area contributed by atoms with Crippen molar-refractivity contribution in [2.45, 2.75) is 18.8 Å². The number of nitrogens with zero attached hydrogens (tertiary/aromatic N) is 1. The Labute approximate surface area is 98.9 Å². The van der Waals surface area contributed by atoms with Crippen LogP contribution in [0.25, 0.3) is 11.3 Å². The lowest BCUT2D eigenvalue weighted by Crippen LogP contribution is -2.26. The number of rotatable bonds is 2. The molecule has 2 aromatic heterocycles. The van der Waals surface area contributed by atoms with Gasteiger partial charge < -0.3 is 5.32 Å². The van der Waals surface area contributed by atoms with Crippen LogP contribution in [0.2, 0.25) is 0 Å². The number of aromatic nitrogens is 2. The van der Waals surface area contributed by atoms with E-state index in [1.165, 1.54) is 24.1 Å². The Morgan fingerprint density at radius 3 is 2.94 bits per heavy atom. The summed E-state index contributed by atoms with van der Waals surface area (Å²) < 4.78 is 0. The fraction of sp³-hybridized carbons (Fsp3) is 0.417.